The molecule has 1 aliphatic rings. The molecule has 1 rings (SSSR count). The molecule has 0 aromatic rings. The standard InChI is InChI=1S/C22H20/c1-2-4-6-8-10-12-14-16-18-20-22-21-19-17-15-13-11-9-7-5-3-1/h1-5,18-22H2. The fraction of sp³-hybridized carbons (Fsp3) is 0.455. The van der Waals surface area contributed by atoms with Crippen LogP contribution in [0.2, 0.25) is 0 Å². The Bertz CT molecular complexity index is 562. The van der Waals surface area contributed by atoms with E-state index in [0.29, 0.717) is 0 Å². The van der Waals surface area contributed by atoms with E-state index in [4.69, 9.17) is 0 Å². The summed E-state index contributed by atoms with van der Waals surface area (Å²) >= 11 is 0. The van der Waals surface area contributed by atoms with Crippen LogP contribution in [-0.2, 0) is 0 Å². The van der Waals surface area contributed by atoms with E-state index in [9.17, 15) is 0 Å². The fourth-order valence-corrected chi connectivity index (χ4v) is 1.76. The first-order valence-electron chi connectivity index (χ1n) is 7.91. The van der Waals surface area contributed by atoms with Gasteiger partial charge in [0, 0.05) is 25.7 Å². The molecule has 0 N–H and O–H groups in total. The molecule has 1 aliphatic carbocycles. The molecular formula is C22H20. The number of rotatable bonds is 0. The molecule has 0 radical (unpaired) electrons. The lowest BCUT2D eigenvalue weighted by molar-refractivity contribution is 0.709. The Morgan fingerprint density at radius 2 is 0.545 bits per heavy atom. The van der Waals surface area contributed by atoms with Gasteiger partial charge < -0.3 is 0 Å². The average molecular weight is 284 g/mol. The minimum Gasteiger partial charge on any atom is -0.0891 e. The SMILES string of the molecule is C1#CC#CCCCCCC#CC#CC#CCCCCCC#C1. The van der Waals surface area contributed by atoms with E-state index in [1.54, 1.807) is 0 Å². The second-order valence-electron chi connectivity index (χ2n) is 4.83. The van der Waals surface area contributed by atoms with Crippen LogP contribution >= 0.6 is 0 Å². The Morgan fingerprint density at radius 3 is 0.818 bits per heavy atom. The normalized spacial score (nSPS) is 15.3. The van der Waals surface area contributed by atoms with Gasteiger partial charge in [-0.15, -0.1) is 0 Å². The molecule has 0 aliphatic heterocycles. The number of hydrogen-bond acceptors (Lipinski definition) is 0. The second kappa shape index (κ2) is 14.8. The third-order valence-electron chi connectivity index (χ3n) is 2.94. The molecule has 0 aromatic heterocycles. The van der Waals surface area contributed by atoms with Crippen molar-refractivity contribution in [2.45, 2.75) is 64.2 Å². The van der Waals surface area contributed by atoms with Gasteiger partial charge in [0.05, 0.1) is 0 Å². The van der Waals surface area contributed by atoms with Crippen molar-refractivity contribution in [3.8, 4) is 71.0 Å². The maximum absolute atomic E-state index is 3.06. The van der Waals surface area contributed by atoms with E-state index in [1.165, 1.54) is 0 Å². The third kappa shape index (κ3) is 12.4. The summed E-state index contributed by atoms with van der Waals surface area (Å²) < 4.78 is 0. The molecule has 0 amide bonds. The molecular weight excluding hydrogens is 264 g/mol. The van der Waals surface area contributed by atoms with Crippen LogP contribution in [0, 0.1) is 71.0 Å². The predicted molar refractivity (Wildman–Crippen MR) is 92.8 cm³/mol. The molecule has 0 fully saturated rings. The summed E-state index contributed by atoms with van der Waals surface area (Å²) in [5.41, 5.74) is 0. The lowest BCUT2D eigenvalue weighted by Gasteiger charge is -1.91. The highest BCUT2D eigenvalue weighted by Crippen LogP contribution is 2.01. The highest BCUT2D eigenvalue weighted by molar-refractivity contribution is 5.36. The van der Waals surface area contributed by atoms with E-state index in [1.807, 2.05) is 0 Å². The number of hydrogen-bond donors (Lipinski definition) is 0. The van der Waals surface area contributed by atoms with E-state index in [0.717, 1.165) is 64.2 Å². The maximum Gasteiger partial charge on any atom is 0.00989 e. The molecule has 0 aromatic carbocycles. The summed E-state index contributed by atoms with van der Waals surface area (Å²) in [6.07, 6.45) is 10.2. The monoisotopic (exact) mass is 284 g/mol. The summed E-state index contributed by atoms with van der Waals surface area (Å²) in [5, 5.41) is 0. The molecule has 0 saturated carbocycles. The van der Waals surface area contributed by atoms with Crippen molar-refractivity contribution in [2.75, 3.05) is 0 Å². The van der Waals surface area contributed by atoms with Crippen LogP contribution in [0.5, 0.6) is 0 Å². The smallest absolute Gasteiger partial charge is 0.00989 e. The first-order valence-corrected chi connectivity index (χ1v) is 7.91. The summed E-state index contributed by atoms with van der Waals surface area (Å²) in [4.78, 5) is 0. The van der Waals surface area contributed by atoms with Gasteiger partial charge in [0.15, 0.2) is 0 Å². The highest BCUT2D eigenvalue weighted by atomic mass is 13.9. The van der Waals surface area contributed by atoms with Crippen LogP contribution in [0.25, 0.3) is 0 Å². The van der Waals surface area contributed by atoms with Crippen LogP contribution in [0.15, 0.2) is 0 Å². The second-order valence-corrected chi connectivity index (χ2v) is 4.83. The van der Waals surface area contributed by atoms with Crippen molar-refractivity contribution >= 4 is 0 Å². The van der Waals surface area contributed by atoms with Crippen molar-refractivity contribution in [1.82, 2.24) is 0 Å². The minimum absolute atomic E-state index is 0.894. The lowest BCUT2D eigenvalue weighted by atomic mass is 10.1. The van der Waals surface area contributed by atoms with Crippen molar-refractivity contribution in [1.29, 1.82) is 0 Å². The van der Waals surface area contributed by atoms with Crippen molar-refractivity contribution < 1.29 is 0 Å². The first kappa shape index (κ1) is 17.4. The van der Waals surface area contributed by atoms with Gasteiger partial charge in [-0.1, -0.05) is 36.5 Å². The Hall–Kier alpha value is -2.64. The largest absolute Gasteiger partial charge is 0.0891 e. The molecule has 0 saturated heterocycles. The quantitative estimate of drug-likeness (QED) is 0.591. The zero-order chi connectivity index (χ0) is 15.6. The first-order chi connectivity index (χ1) is 11.0. The van der Waals surface area contributed by atoms with Gasteiger partial charge in [-0.25, -0.2) is 0 Å². The van der Waals surface area contributed by atoms with Crippen LogP contribution in [0.3, 0.4) is 0 Å². The van der Waals surface area contributed by atoms with Crippen LogP contribution in [0.4, 0.5) is 0 Å². The molecule has 108 valence electrons. The Morgan fingerprint density at radius 1 is 0.273 bits per heavy atom. The molecule has 0 atom stereocenters. The molecule has 0 nitrogen and oxygen atoms in total. The molecule has 0 unspecified atom stereocenters. The third-order valence-corrected chi connectivity index (χ3v) is 2.94. The van der Waals surface area contributed by atoms with E-state index in [-0.39, 0.29) is 0 Å². The molecule has 0 bridgehead atoms. The van der Waals surface area contributed by atoms with Crippen molar-refractivity contribution in [3.63, 3.8) is 0 Å². The lowest BCUT2D eigenvalue weighted by Crippen LogP contribution is -1.75. The van der Waals surface area contributed by atoms with Gasteiger partial charge >= 0.3 is 0 Å². The average Bonchev–Trinajstić information content (AvgIpc) is 2.53. The van der Waals surface area contributed by atoms with Gasteiger partial charge in [0.2, 0.25) is 0 Å². The van der Waals surface area contributed by atoms with Crippen LogP contribution in [0.1, 0.15) is 64.2 Å². The summed E-state index contributed by atoms with van der Waals surface area (Å²) in [7, 11) is 0. The summed E-state index contributed by atoms with van der Waals surface area (Å²) in [5.74, 6) is 34.8. The van der Waals surface area contributed by atoms with Gasteiger partial charge in [0.25, 0.3) is 0 Å². The fourth-order valence-electron chi connectivity index (χ4n) is 1.76. The molecule has 22 heavy (non-hydrogen) atoms. The van der Waals surface area contributed by atoms with Crippen LogP contribution < -0.4 is 0 Å². The predicted octanol–water partition coefficient (Wildman–Crippen LogP) is 3.92. The molecule has 0 heteroatoms. The summed E-state index contributed by atoms with van der Waals surface area (Å²) in [6, 6.07) is 0. The maximum atomic E-state index is 3.06. The Labute approximate surface area is 135 Å². The van der Waals surface area contributed by atoms with Crippen molar-refractivity contribution in [2.24, 2.45) is 0 Å². The van der Waals surface area contributed by atoms with Gasteiger partial charge in [-0.3, -0.25) is 0 Å². The van der Waals surface area contributed by atoms with E-state index in [2.05, 4.69) is 71.0 Å². The van der Waals surface area contributed by atoms with E-state index >= 15 is 0 Å². The highest BCUT2D eigenvalue weighted by Gasteiger charge is 1.85. The molecule has 0 spiro atoms. The van der Waals surface area contributed by atoms with Gasteiger partial charge in [-0.2, -0.15) is 0 Å². The Kier molecular flexibility index (Phi) is 11.7. The topological polar surface area (TPSA) is 0 Å². The van der Waals surface area contributed by atoms with Gasteiger partial charge in [0.1, 0.15) is 0 Å². The van der Waals surface area contributed by atoms with Crippen LogP contribution in [-0.4, -0.2) is 0 Å². The van der Waals surface area contributed by atoms with Crippen molar-refractivity contribution in [3.05, 3.63) is 0 Å². The van der Waals surface area contributed by atoms with Gasteiger partial charge in [-0.05, 0) is 73.0 Å². The zero-order valence-electron chi connectivity index (χ0n) is 13.1. The molecule has 0 heterocycles. The van der Waals surface area contributed by atoms with E-state index < -0.39 is 0 Å². The zero-order valence-corrected chi connectivity index (χ0v) is 13.1. The minimum atomic E-state index is 0.894. The summed E-state index contributed by atoms with van der Waals surface area (Å²) in [6.45, 7) is 0. The Balaban J connectivity index is 2.44.